The van der Waals surface area contributed by atoms with E-state index in [9.17, 15) is 0 Å². The molecule has 1 fully saturated rings. The second-order valence-electron chi connectivity index (χ2n) is 4.53. The van der Waals surface area contributed by atoms with E-state index in [4.69, 9.17) is 5.73 Å². The molecule has 0 aromatic carbocycles. The van der Waals surface area contributed by atoms with Crippen LogP contribution in [0.15, 0.2) is 12.1 Å². The zero-order chi connectivity index (χ0) is 12.3. The molecule has 1 atom stereocenters. The number of nitrogens with two attached hydrogens (primary N) is 1. The third-order valence-electron chi connectivity index (χ3n) is 3.15. The Balaban J connectivity index is 2.18. The molecule has 17 heavy (non-hydrogen) atoms. The van der Waals surface area contributed by atoms with Crippen LogP contribution in [0.3, 0.4) is 0 Å². The molecule has 1 aliphatic heterocycles. The normalized spacial score (nSPS) is 20.6. The quantitative estimate of drug-likeness (QED) is 0.894. The van der Waals surface area contributed by atoms with Crippen LogP contribution in [0.2, 0.25) is 0 Å². The topological polar surface area (TPSA) is 42.1 Å². The van der Waals surface area contributed by atoms with Crippen molar-refractivity contribution in [3.8, 4) is 0 Å². The van der Waals surface area contributed by atoms with E-state index in [0.29, 0.717) is 6.54 Å². The van der Waals surface area contributed by atoms with Gasteiger partial charge in [-0.25, -0.2) is 4.98 Å². The van der Waals surface area contributed by atoms with Gasteiger partial charge in [-0.05, 0) is 31.0 Å². The van der Waals surface area contributed by atoms with Crippen LogP contribution in [0.4, 0.5) is 5.82 Å². The van der Waals surface area contributed by atoms with E-state index in [0.717, 1.165) is 29.9 Å². The maximum absolute atomic E-state index is 5.72. The summed E-state index contributed by atoms with van der Waals surface area (Å²) in [5.41, 5.74) is 7.96. The maximum Gasteiger partial charge on any atom is 0.129 e. The summed E-state index contributed by atoms with van der Waals surface area (Å²) >= 11 is 2.08. The van der Waals surface area contributed by atoms with Gasteiger partial charge in [0.1, 0.15) is 5.82 Å². The molecular formula is C13H21N3S. The molecule has 0 saturated carbocycles. The molecule has 1 unspecified atom stereocenters. The molecule has 0 bridgehead atoms. The van der Waals surface area contributed by atoms with Gasteiger partial charge < -0.3 is 10.6 Å². The van der Waals surface area contributed by atoms with Crippen molar-refractivity contribution in [2.24, 2.45) is 5.73 Å². The van der Waals surface area contributed by atoms with Crippen LogP contribution in [0.5, 0.6) is 0 Å². The van der Waals surface area contributed by atoms with E-state index in [-0.39, 0.29) is 0 Å². The summed E-state index contributed by atoms with van der Waals surface area (Å²) in [6.45, 7) is 7.11. The minimum atomic E-state index is 0.593. The van der Waals surface area contributed by atoms with E-state index in [2.05, 4.69) is 40.7 Å². The SMILES string of the molecule is CCC1CN(c2cc(CN)cc(C)n2)CCS1. The third-order valence-corrected chi connectivity index (χ3v) is 4.53. The predicted octanol–water partition coefficient (Wildman–Crippen LogP) is 2.18. The van der Waals surface area contributed by atoms with Crippen molar-refractivity contribution in [2.75, 3.05) is 23.7 Å². The fraction of sp³-hybridized carbons (Fsp3) is 0.615. The Morgan fingerprint density at radius 3 is 3.06 bits per heavy atom. The number of pyridine rings is 1. The van der Waals surface area contributed by atoms with E-state index in [1.54, 1.807) is 0 Å². The fourth-order valence-corrected chi connectivity index (χ4v) is 3.36. The van der Waals surface area contributed by atoms with Gasteiger partial charge in [-0.1, -0.05) is 6.92 Å². The number of hydrogen-bond acceptors (Lipinski definition) is 4. The number of hydrogen-bond donors (Lipinski definition) is 1. The maximum atomic E-state index is 5.72. The molecule has 2 N–H and O–H groups in total. The summed E-state index contributed by atoms with van der Waals surface area (Å²) in [5, 5.41) is 0.743. The number of thioether (sulfide) groups is 1. The molecule has 1 aliphatic rings. The van der Waals surface area contributed by atoms with Crippen LogP contribution in [0, 0.1) is 6.92 Å². The Morgan fingerprint density at radius 2 is 2.35 bits per heavy atom. The van der Waals surface area contributed by atoms with E-state index in [1.165, 1.54) is 17.7 Å². The average Bonchev–Trinajstić information content (AvgIpc) is 2.38. The molecule has 3 nitrogen and oxygen atoms in total. The zero-order valence-electron chi connectivity index (χ0n) is 10.6. The smallest absolute Gasteiger partial charge is 0.129 e. The molecule has 0 amide bonds. The monoisotopic (exact) mass is 251 g/mol. The first-order chi connectivity index (χ1) is 8.22. The lowest BCUT2D eigenvalue weighted by Crippen LogP contribution is -2.38. The van der Waals surface area contributed by atoms with Gasteiger partial charge in [0.15, 0.2) is 0 Å². The number of nitrogens with zero attached hydrogens (tertiary/aromatic N) is 2. The minimum absolute atomic E-state index is 0.593. The molecule has 4 heteroatoms. The van der Waals surface area contributed by atoms with Crippen molar-refractivity contribution in [3.05, 3.63) is 23.4 Å². The highest BCUT2D eigenvalue weighted by Crippen LogP contribution is 2.25. The van der Waals surface area contributed by atoms with Crippen molar-refractivity contribution in [2.45, 2.75) is 32.1 Å². The molecule has 2 heterocycles. The van der Waals surface area contributed by atoms with Gasteiger partial charge in [0, 0.05) is 36.3 Å². The molecule has 0 aliphatic carbocycles. The van der Waals surface area contributed by atoms with Crippen LogP contribution < -0.4 is 10.6 Å². The van der Waals surface area contributed by atoms with Crippen LogP contribution in [-0.4, -0.2) is 29.1 Å². The minimum Gasteiger partial charge on any atom is -0.355 e. The molecule has 1 aromatic heterocycles. The first kappa shape index (κ1) is 12.7. The van der Waals surface area contributed by atoms with Gasteiger partial charge in [0.2, 0.25) is 0 Å². The number of rotatable bonds is 3. The van der Waals surface area contributed by atoms with Gasteiger partial charge in [0.25, 0.3) is 0 Å². The van der Waals surface area contributed by atoms with Crippen molar-refractivity contribution in [1.82, 2.24) is 4.98 Å². The van der Waals surface area contributed by atoms with Gasteiger partial charge in [-0.2, -0.15) is 11.8 Å². The largest absolute Gasteiger partial charge is 0.355 e. The number of aromatic nitrogens is 1. The number of anilines is 1. The lowest BCUT2D eigenvalue weighted by molar-refractivity contribution is 0.718. The van der Waals surface area contributed by atoms with E-state index in [1.807, 2.05) is 6.92 Å². The summed E-state index contributed by atoms with van der Waals surface area (Å²) in [6.07, 6.45) is 1.23. The lowest BCUT2D eigenvalue weighted by Gasteiger charge is -2.33. The summed E-state index contributed by atoms with van der Waals surface area (Å²) in [5.74, 6) is 2.30. The Hall–Kier alpha value is -0.740. The zero-order valence-corrected chi connectivity index (χ0v) is 11.5. The molecule has 2 rings (SSSR count). The summed E-state index contributed by atoms with van der Waals surface area (Å²) in [4.78, 5) is 7.03. The Morgan fingerprint density at radius 1 is 1.53 bits per heavy atom. The second kappa shape index (κ2) is 5.74. The highest BCUT2D eigenvalue weighted by molar-refractivity contribution is 8.00. The van der Waals surface area contributed by atoms with Gasteiger partial charge in [-0.3, -0.25) is 0 Å². The lowest BCUT2D eigenvalue weighted by atomic mass is 10.2. The highest BCUT2D eigenvalue weighted by Gasteiger charge is 2.20. The molecule has 0 radical (unpaired) electrons. The molecule has 1 aromatic rings. The summed E-state index contributed by atoms with van der Waals surface area (Å²) in [6, 6.07) is 4.20. The van der Waals surface area contributed by atoms with Crippen molar-refractivity contribution >= 4 is 17.6 Å². The van der Waals surface area contributed by atoms with Gasteiger partial charge in [-0.15, -0.1) is 0 Å². The van der Waals surface area contributed by atoms with E-state index >= 15 is 0 Å². The molecule has 0 spiro atoms. The molecule has 1 saturated heterocycles. The van der Waals surface area contributed by atoms with Crippen LogP contribution in [-0.2, 0) is 6.54 Å². The number of aryl methyl sites for hydroxylation is 1. The third kappa shape index (κ3) is 3.13. The first-order valence-corrected chi connectivity index (χ1v) is 7.32. The Kier molecular flexibility index (Phi) is 4.29. The molecule has 94 valence electrons. The van der Waals surface area contributed by atoms with Crippen LogP contribution in [0.25, 0.3) is 0 Å². The Bertz CT molecular complexity index is 381. The van der Waals surface area contributed by atoms with Crippen molar-refractivity contribution in [1.29, 1.82) is 0 Å². The highest BCUT2D eigenvalue weighted by atomic mass is 32.2. The van der Waals surface area contributed by atoms with Gasteiger partial charge in [0.05, 0.1) is 0 Å². The standard InChI is InChI=1S/C13H21N3S/c1-3-12-9-16(4-5-17-12)13-7-11(8-14)6-10(2)15-13/h6-7,12H,3-5,8-9,14H2,1-2H3. The summed E-state index contributed by atoms with van der Waals surface area (Å²) < 4.78 is 0. The van der Waals surface area contributed by atoms with Crippen LogP contribution >= 0.6 is 11.8 Å². The van der Waals surface area contributed by atoms with Crippen molar-refractivity contribution < 1.29 is 0 Å². The first-order valence-electron chi connectivity index (χ1n) is 6.27. The van der Waals surface area contributed by atoms with Gasteiger partial charge >= 0.3 is 0 Å². The Labute approximate surface area is 108 Å². The second-order valence-corrected chi connectivity index (χ2v) is 5.93. The van der Waals surface area contributed by atoms with E-state index < -0.39 is 0 Å². The predicted molar refractivity (Wildman–Crippen MR) is 75.6 cm³/mol. The fourth-order valence-electron chi connectivity index (χ4n) is 2.18. The van der Waals surface area contributed by atoms with Crippen molar-refractivity contribution in [3.63, 3.8) is 0 Å². The van der Waals surface area contributed by atoms with Crippen LogP contribution in [0.1, 0.15) is 24.6 Å². The average molecular weight is 251 g/mol. The summed E-state index contributed by atoms with van der Waals surface area (Å²) in [7, 11) is 0. The molecular weight excluding hydrogens is 230 g/mol.